The van der Waals surface area contributed by atoms with Crippen molar-refractivity contribution in [2.45, 2.75) is 12.0 Å². The summed E-state index contributed by atoms with van der Waals surface area (Å²) in [5.74, 6) is 2.00. The lowest BCUT2D eigenvalue weighted by Gasteiger charge is -2.26. The maximum Gasteiger partial charge on any atom is 0.244 e. The Hall–Kier alpha value is -0.780. The minimum Gasteiger partial charge on any atom is -0.376 e. The second kappa shape index (κ2) is 6.41. The number of thiophene rings is 1. The highest BCUT2D eigenvalue weighted by Gasteiger charge is 2.34. The van der Waals surface area contributed by atoms with Crippen LogP contribution in [0.5, 0.6) is 0 Å². The van der Waals surface area contributed by atoms with Crippen LogP contribution in [0.1, 0.15) is 12.0 Å². The lowest BCUT2D eigenvalue weighted by Crippen LogP contribution is -2.44. The van der Waals surface area contributed by atoms with Gasteiger partial charge in [0.2, 0.25) is 5.91 Å². The lowest BCUT2D eigenvalue weighted by molar-refractivity contribution is -0.117. The van der Waals surface area contributed by atoms with Gasteiger partial charge in [-0.2, -0.15) is 23.1 Å². The van der Waals surface area contributed by atoms with Gasteiger partial charge in [0.05, 0.1) is 5.60 Å². The molecule has 5 heteroatoms. The SMILES string of the molecule is CO[C@@]1(CNC(=O)/C=C/c2ccsc2)CCSC1. The summed E-state index contributed by atoms with van der Waals surface area (Å²) in [7, 11) is 1.72. The third-order valence-corrected chi connectivity index (χ3v) is 4.98. The zero-order valence-corrected chi connectivity index (χ0v) is 12.0. The minimum absolute atomic E-state index is 0.0606. The van der Waals surface area contributed by atoms with Crippen molar-refractivity contribution in [2.24, 2.45) is 0 Å². The third kappa shape index (κ3) is 3.60. The Morgan fingerprint density at radius 3 is 3.17 bits per heavy atom. The normalized spacial score (nSPS) is 23.6. The molecule has 0 bridgehead atoms. The third-order valence-electron chi connectivity index (χ3n) is 3.06. The van der Waals surface area contributed by atoms with Crippen LogP contribution in [0.15, 0.2) is 22.9 Å². The molecule has 1 fully saturated rings. The van der Waals surface area contributed by atoms with E-state index in [4.69, 9.17) is 4.74 Å². The number of carbonyl (C=O) groups is 1. The maximum absolute atomic E-state index is 11.7. The van der Waals surface area contributed by atoms with E-state index in [0.29, 0.717) is 6.54 Å². The molecule has 0 radical (unpaired) electrons. The molecule has 1 aliphatic heterocycles. The zero-order chi connectivity index (χ0) is 12.8. The highest BCUT2D eigenvalue weighted by Crippen LogP contribution is 2.30. The van der Waals surface area contributed by atoms with Crippen molar-refractivity contribution in [1.29, 1.82) is 0 Å². The highest BCUT2D eigenvalue weighted by atomic mass is 32.2. The van der Waals surface area contributed by atoms with Gasteiger partial charge in [-0.15, -0.1) is 0 Å². The first-order valence-electron chi connectivity index (χ1n) is 5.85. The topological polar surface area (TPSA) is 38.3 Å². The molecule has 3 nitrogen and oxygen atoms in total. The minimum atomic E-state index is -0.170. The fourth-order valence-electron chi connectivity index (χ4n) is 1.81. The first-order valence-corrected chi connectivity index (χ1v) is 7.95. The number of hydrogen-bond acceptors (Lipinski definition) is 4. The average Bonchev–Trinajstić information content (AvgIpc) is 3.06. The molecule has 1 aliphatic rings. The summed E-state index contributed by atoms with van der Waals surface area (Å²) in [5.41, 5.74) is 0.893. The van der Waals surface area contributed by atoms with Crippen LogP contribution < -0.4 is 5.32 Å². The van der Waals surface area contributed by atoms with Crippen molar-refractivity contribution in [1.82, 2.24) is 5.32 Å². The Balaban J connectivity index is 1.81. The Bertz CT molecular complexity index is 409. The van der Waals surface area contributed by atoms with E-state index < -0.39 is 0 Å². The largest absolute Gasteiger partial charge is 0.376 e. The van der Waals surface area contributed by atoms with Crippen molar-refractivity contribution in [3.8, 4) is 0 Å². The van der Waals surface area contributed by atoms with Crippen LogP contribution in [0.4, 0.5) is 0 Å². The Labute approximate surface area is 116 Å². The van der Waals surface area contributed by atoms with Gasteiger partial charge in [-0.25, -0.2) is 0 Å². The molecular formula is C13H17NO2S2. The zero-order valence-electron chi connectivity index (χ0n) is 10.3. The number of nitrogens with one attached hydrogen (secondary N) is 1. The Morgan fingerprint density at radius 2 is 2.56 bits per heavy atom. The Kier molecular flexibility index (Phi) is 4.86. The standard InChI is InChI=1S/C13H17NO2S2/c1-16-13(5-7-18-10-13)9-14-12(15)3-2-11-4-6-17-8-11/h2-4,6,8H,5,7,9-10H2,1H3,(H,14,15)/b3-2+/t13-/m1/s1. The molecule has 98 valence electrons. The smallest absolute Gasteiger partial charge is 0.244 e. The molecule has 1 amide bonds. The lowest BCUT2D eigenvalue weighted by atomic mass is 10.0. The van der Waals surface area contributed by atoms with Crippen LogP contribution in [0.2, 0.25) is 0 Å². The molecule has 1 aromatic rings. The monoisotopic (exact) mass is 283 g/mol. The van der Waals surface area contributed by atoms with Crippen molar-refractivity contribution in [2.75, 3.05) is 25.2 Å². The van der Waals surface area contributed by atoms with Crippen LogP contribution in [0.25, 0.3) is 6.08 Å². The first-order chi connectivity index (χ1) is 8.74. The second-order valence-electron chi connectivity index (χ2n) is 4.30. The first kappa shape index (κ1) is 13.6. The number of carbonyl (C=O) groups excluding carboxylic acids is 1. The molecule has 2 heterocycles. The van der Waals surface area contributed by atoms with Crippen LogP contribution >= 0.6 is 23.1 Å². The molecule has 2 rings (SSSR count). The number of ether oxygens (including phenoxy) is 1. The van der Waals surface area contributed by atoms with E-state index >= 15 is 0 Å². The summed E-state index contributed by atoms with van der Waals surface area (Å²) in [4.78, 5) is 11.7. The van der Waals surface area contributed by atoms with Gasteiger partial charge in [0.25, 0.3) is 0 Å². The fraction of sp³-hybridized carbons (Fsp3) is 0.462. The van der Waals surface area contributed by atoms with Gasteiger partial charge in [-0.3, -0.25) is 4.79 Å². The summed E-state index contributed by atoms with van der Waals surface area (Å²) in [6.45, 7) is 0.587. The molecular weight excluding hydrogens is 266 g/mol. The molecule has 1 atom stereocenters. The van der Waals surface area contributed by atoms with Crippen LogP contribution in [0.3, 0.4) is 0 Å². The summed E-state index contributed by atoms with van der Waals surface area (Å²) >= 11 is 3.50. The van der Waals surface area contributed by atoms with Crippen LogP contribution in [0, 0.1) is 0 Å². The van der Waals surface area contributed by atoms with E-state index in [1.807, 2.05) is 34.7 Å². The summed E-state index contributed by atoms with van der Waals surface area (Å²) < 4.78 is 5.54. The molecule has 0 unspecified atom stereocenters. The van der Waals surface area contributed by atoms with E-state index in [9.17, 15) is 4.79 Å². The van der Waals surface area contributed by atoms with Crippen molar-refractivity contribution >= 4 is 35.1 Å². The van der Waals surface area contributed by atoms with Crippen molar-refractivity contribution in [3.63, 3.8) is 0 Å². The fourth-order valence-corrected chi connectivity index (χ4v) is 3.84. The van der Waals surface area contributed by atoms with Gasteiger partial charge in [0.15, 0.2) is 0 Å². The highest BCUT2D eigenvalue weighted by molar-refractivity contribution is 7.99. The molecule has 18 heavy (non-hydrogen) atoms. The van der Waals surface area contributed by atoms with E-state index in [1.54, 1.807) is 24.5 Å². The summed E-state index contributed by atoms with van der Waals surface area (Å²) in [6.07, 6.45) is 4.41. The van der Waals surface area contributed by atoms with Gasteiger partial charge < -0.3 is 10.1 Å². The Morgan fingerprint density at radius 1 is 1.67 bits per heavy atom. The number of methoxy groups -OCH3 is 1. The van der Waals surface area contributed by atoms with Gasteiger partial charge in [-0.1, -0.05) is 0 Å². The summed E-state index contributed by atoms with van der Waals surface area (Å²) in [6, 6.07) is 1.98. The van der Waals surface area contributed by atoms with Crippen molar-refractivity contribution in [3.05, 3.63) is 28.5 Å². The number of thioether (sulfide) groups is 1. The molecule has 0 saturated carbocycles. The van der Waals surface area contributed by atoms with Gasteiger partial charge >= 0.3 is 0 Å². The number of hydrogen-bond donors (Lipinski definition) is 1. The van der Waals surface area contributed by atoms with Crippen molar-refractivity contribution < 1.29 is 9.53 Å². The second-order valence-corrected chi connectivity index (χ2v) is 6.18. The van der Waals surface area contributed by atoms with Gasteiger partial charge in [0, 0.05) is 25.5 Å². The maximum atomic E-state index is 11.7. The predicted octanol–water partition coefficient (Wildman–Crippen LogP) is 2.40. The molecule has 0 aromatic carbocycles. The van der Waals surface area contributed by atoms with Gasteiger partial charge in [0.1, 0.15) is 0 Å². The predicted molar refractivity (Wildman–Crippen MR) is 78.0 cm³/mol. The number of rotatable bonds is 5. The van der Waals surface area contributed by atoms with Crippen LogP contribution in [-0.2, 0) is 9.53 Å². The van der Waals surface area contributed by atoms with Gasteiger partial charge in [-0.05, 0) is 40.6 Å². The van der Waals surface area contributed by atoms with E-state index in [-0.39, 0.29) is 11.5 Å². The van der Waals surface area contributed by atoms with E-state index in [2.05, 4.69) is 5.32 Å². The van der Waals surface area contributed by atoms with Crippen LogP contribution in [-0.4, -0.2) is 36.7 Å². The van der Waals surface area contributed by atoms with E-state index in [0.717, 1.165) is 23.5 Å². The molecule has 1 aromatic heterocycles. The quantitative estimate of drug-likeness (QED) is 0.843. The van der Waals surface area contributed by atoms with E-state index in [1.165, 1.54) is 0 Å². The molecule has 1 N–H and O–H groups in total. The molecule has 0 spiro atoms. The number of amides is 1. The molecule has 1 saturated heterocycles. The average molecular weight is 283 g/mol. The summed E-state index contributed by atoms with van der Waals surface area (Å²) in [5, 5.41) is 6.92. The molecule has 0 aliphatic carbocycles.